The van der Waals surface area contributed by atoms with Crippen molar-refractivity contribution in [2.75, 3.05) is 18.0 Å². The summed E-state index contributed by atoms with van der Waals surface area (Å²) >= 11 is 0. The molecule has 0 aliphatic carbocycles. The highest BCUT2D eigenvalue weighted by Gasteiger charge is 2.21. The third-order valence-electron chi connectivity index (χ3n) is 3.77. The van der Waals surface area contributed by atoms with Crippen molar-refractivity contribution in [3.05, 3.63) is 40.7 Å². The van der Waals surface area contributed by atoms with Gasteiger partial charge in [-0.25, -0.2) is 0 Å². The zero-order chi connectivity index (χ0) is 14.1. The van der Waals surface area contributed by atoms with Gasteiger partial charge in [0.2, 0.25) is 0 Å². The molecule has 1 aliphatic rings. The van der Waals surface area contributed by atoms with Gasteiger partial charge < -0.3 is 10.6 Å². The smallest absolute Gasteiger partial charge is 0.278 e. The summed E-state index contributed by atoms with van der Waals surface area (Å²) in [5.74, 6) is 0. The Morgan fingerprint density at radius 2 is 2.20 bits per heavy atom. The van der Waals surface area contributed by atoms with Crippen LogP contribution in [0.25, 0.3) is 10.8 Å². The van der Waals surface area contributed by atoms with Crippen LogP contribution in [0.15, 0.2) is 30.6 Å². The molecule has 1 fully saturated rings. The number of nitrogens with two attached hydrogens (primary N) is 1. The van der Waals surface area contributed by atoms with Gasteiger partial charge in [-0.05, 0) is 25.0 Å². The lowest BCUT2D eigenvalue weighted by Crippen LogP contribution is -2.42. The molecule has 0 bridgehead atoms. The molecule has 2 aromatic rings. The number of nitro benzene ring substituents is 1. The summed E-state index contributed by atoms with van der Waals surface area (Å²) in [5, 5.41) is 12.5. The average Bonchev–Trinajstić information content (AvgIpc) is 2.46. The van der Waals surface area contributed by atoms with Gasteiger partial charge in [-0.1, -0.05) is 0 Å². The number of nitro groups is 1. The number of benzene rings is 1. The molecule has 1 aromatic heterocycles. The first-order valence-corrected chi connectivity index (χ1v) is 6.68. The maximum Gasteiger partial charge on any atom is 0.278 e. The molecule has 0 saturated carbocycles. The van der Waals surface area contributed by atoms with E-state index in [-0.39, 0.29) is 16.7 Å². The Hall–Kier alpha value is -2.21. The molecule has 2 heterocycles. The van der Waals surface area contributed by atoms with Gasteiger partial charge in [-0.15, -0.1) is 0 Å². The first-order chi connectivity index (χ1) is 9.66. The summed E-state index contributed by atoms with van der Waals surface area (Å²) in [7, 11) is 0. The molecule has 1 aromatic carbocycles. The molecule has 2 N–H and O–H groups in total. The van der Waals surface area contributed by atoms with E-state index in [4.69, 9.17) is 5.73 Å². The Morgan fingerprint density at radius 1 is 1.35 bits per heavy atom. The summed E-state index contributed by atoms with van der Waals surface area (Å²) in [6, 6.07) is 5.37. The molecule has 1 atom stereocenters. The zero-order valence-electron chi connectivity index (χ0n) is 11.0. The number of nitrogens with zero attached hydrogens (tertiary/aromatic N) is 3. The molecular formula is C14H16N4O2. The topological polar surface area (TPSA) is 85.3 Å². The monoisotopic (exact) mass is 272 g/mol. The van der Waals surface area contributed by atoms with Gasteiger partial charge in [0.25, 0.3) is 5.69 Å². The number of fused-ring (bicyclic) bond motifs is 1. The van der Waals surface area contributed by atoms with Crippen LogP contribution >= 0.6 is 0 Å². The lowest BCUT2D eigenvalue weighted by Gasteiger charge is -2.33. The Bertz CT molecular complexity index is 659. The van der Waals surface area contributed by atoms with Crippen LogP contribution in [0.5, 0.6) is 0 Å². The standard InChI is InChI=1S/C14H16N4O2/c15-10-2-1-7-17(9-10)13-3-4-14(18(19)20)12-8-16-6-5-11(12)13/h3-6,8,10H,1-2,7,9,15H2/t10-/m1/s1. The summed E-state index contributed by atoms with van der Waals surface area (Å²) in [4.78, 5) is 17.0. The summed E-state index contributed by atoms with van der Waals surface area (Å²) < 4.78 is 0. The average molecular weight is 272 g/mol. The van der Waals surface area contributed by atoms with Crippen molar-refractivity contribution < 1.29 is 4.92 Å². The van der Waals surface area contributed by atoms with Gasteiger partial charge in [-0.2, -0.15) is 0 Å². The third kappa shape index (κ3) is 2.18. The van der Waals surface area contributed by atoms with Crippen LogP contribution in [0.1, 0.15) is 12.8 Å². The first kappa shape index (κ1) is 12.8. The fraction of sp³-hybridized carbons (Fsp3) is 0.357. The second-order valence-electron chi connectivity index (χ2n) is 5.13. The van der Waals surface area contributed by atoms with Gasteiger partial charge in [-0.3, -0.25) is 15.1 Å². The van der Waals surface area contributed by atoms with Crippen molar-refractivity contribution in [1.82, 2.24) is 4.98 Å². The van der Waals surface area contributed by atoms with Gasteiger partial charge >= 0.3 is 0 Å². The second-order valence-corrected chi connectivity index (χ2v) is 5.13. The Morgan fingerprint density at radius 3 is 2.95 bits per heavy atom. The van der Waals surface area contributed by atoms with Crippen LogP contribution < -0.4 is 10.6 Å². The van der Waals surface area contributed by atoms with Crippen LogP contribution in [0.2, 0.25) is 0 Å². The number of piperidine rings is 1. The van der Waals surface area contributed by atoms with Crippen LogP contribution in [0.3, 0.4) is 0 Å². The predicted octanol–water partition coefficient (Wildman–Crippen LogP) is 2.07. The minimum absolute atomic E-state index is 0.0955. The molecule has 6 nitrogen and oxygen atoms in total. The Labute approximate surface area is 116 Å². The zero-order valence-corrected chi connectivity index (χ0v) is 11.0. The molecule has 0 amide bonds. The second kappa shape index (κ2) is 5.05. The summed E-state index contributed by atoms with van der Waals surface area (Å²) in [6.07, 6.45) is 5.30. The minimum atomic E-state index is -0.365. The highest BCUT2D eigenvalue weighted by atomic mass is 16.6. The molecule has 1 aliphatic heterocycles. The molecule has 0 unspecified atom stereocenters. The van der Waals surface area contributed by atoms with E-state index >= 15 is 0 Å². The van der Waals surface area contributed by atoms with E-state index in [0.717, 1.165) is 37.0 Å². The Kier molecular flexibility index (Phi) is 3.23. The molecular weight excluding hydrogens is 256 g/mol. The quantitative estimate of drug-likeness (QED) is 0.668. The molecule has 0 radical (unpaired) electrons. The normalized spacial score (nSPS) is 19.2. The van der Waals surface area contributed by atoms with Crippen molar-refractivity contribution in [2.24, 2.45) is 5.73 Å². The SMILES string of the molecule is N[C@@H]1CCCN(c2ccc([N+](=O)[O-])c3cnccc23)C1. The van der Waals surface area contributed by atoms with Crippen molar-refractivity contribution in [1.29, 1.82) is 0 Å². The summed E-state index contributed by atoms with van der Waals surface area (Å²) in [5.41, 5.74) is 7.12. The number of pyridine rings is 1. The van der Waals surface area contributed by atoms with E-state index in [1.54, 1.807) is 18.5 Å². The van der Waals surface area contributed by atoms with Gasteiger partial charge in [0.15, 0.2) is 0 Å². The van der Waals surface area contributed by atoms with Crippen LogP contribution in [0, 0.1) is 10.1 Å². The van der Waals surface area contributed by atoms with Crippen molar-refractivity contribution in [3.63, 3.8) is 0 Å². The fourth-order valence-electron chi connectivity index (χ4n) is 2.82. The van der Waals surface area contributed by atoms with E-state index in [2.05, 4.69) is 9.88 Å². The Balaban J connectivity index is 2.12. The molecule has 1 saturated heterocycles. The maximum absolute atomic E-state index is 11.1. The largest absolute Gasteiger partial charge is 0.369 e. The predicted molar refractivity (Wildman–Crippen MR) is 77.8 cm³/mol. The van der Waals surface area contributed by atoms with Crippen molar-refractivity contribution >= 4 is 22.1 Å². The number of non-ortho nitro benzene ring substituents is 1. The van der Waals surface area contributed by atoms with Crippen LogP contribution in [-0.2, 0) is 0 Å². The minimum Gasteiger partial charge on any atom is -0.369 e. The fourth-order valence-corrected chi connectivity index (χ4v) is 2.82. The molecule has 0 spiro atoms. The van der Waals surface area contributed by atoms with Crippen molar-refractivity contribution in [2.45, 2.75) is 18.9 Å². The summed E-state index contributed by atoms with van der Waals surface area (Å²) in [6.45, 7) is 1.72. The van der Waals surface area contributed by atoms with E-state index in [0.29, 0.717) is 5.39 Å². The van der Waals surface area contributed by atoms with Crippen LogP contribution in [-0.4, -0.2) is 29.0 Å². The third-order valence-corrected chi connectivity index (χ3v) is 3.77. The molecule has 6 heteroatoms. The van der Waals surface area contributed by atoms with Gasteiger partial charge in [0, 0.05) is 48.7 Å². The lowest BCUT2D eigenvalue weighted by molar-refractivity contribution is -0.383. The lowest BCUT2D eigenvalue weighted by atomic mass is 10.0. The highest BCUT2D eigenvalue weighted by molar-refractivity contribution is 5.99. The number of hydrogen-bond acceptors (Lipinski definition) is 5. The molecule has 104 valence electrons. The number of rotatable bonds is 2. The van der Waals surface area contributed by atoms with Gasteiger partial charge in [0.1, 0.15) is 0 Å². The highest BCUT2D eigenvalue weighted by Crippen LogP contribution is 2.33. The van der Waals surface area contributed by atoms with Crippen LogP contribution in [0.4, 0.5) is 11.4 Å². The molecule has 20 heavy (non-hydrogen) atoms. The van der Waals surface area contributed by atoms with E-state index in [9.17, 15) is 10.1 Å². The molecule has 3 rings (SSSR count). The van der Waals surface area contributed by atoms with E-state index in [1.165, 1.54) is 0 Å². The van der Waals surface area contributed by atoms with Crippen molar-refractivity contribution in [3.8, 4) is 0 Å². The number of hydrogen-bond donors (Lipinski definition) is 1. The van der Waals surface area contributed by atoms with E-state index in [1.807, 2.05) is 12.1 Å². The van der Waals surface area contributed by atoms with E-state index < -0.39 is 0 Å². The number of anilines is 1. The van der Waals surface area contributed by atoms with Gasteiger partial charge in [0.05, 0.1) is 10.3 Å². The maximum atomic E-state index is 11.1. The first-order valence-electron chi connectivity index (χ1n) is 6.68. The number of aromatic nitrogens is 1.